The molecule has 3 atom stereocenters. The predicted octanol–water partition coefficient (Wildman–Crippen LogP) is 5.55. The van der Waals surface area contributed by atoms with Crippen molar-refractivity contribution in [3.63, 3.8) is 0 Å². The van der Waals surface area contributed by atoms with E-state index in [0.717, 1.165) is 23.2 Å². The molecule has 2 aromatic rings. The number of hydrogen-bond acceptors (Lipinski definition) is 2. The highest BCUT2D eigenvalue weighted by atomic mass is 19.4. The third-order valence-electron chi connectivity index (χ3n) is 4.80. The summed E-state index contributed by atoms with van der Waals surface area (Å²) in [5.74, 6) is -0.343. The van der Waals surface area contributed by atoms with Crippen LogP contribution in [-0.4, -0.2) is 6.36 Å². The Morgan fingerprint density at radius 2 is 1.80 bits per heavy atom. The lowest BCUT2D eigenvalue weighted by atomic mass is 9.77. The molecule has 0 aromatic heterocycles. The molecule has 0 amide bonds. The number of nitrogens with one attached hydrogen (secondary N) is 1. The number of alkyl halides is 3. The highest BCUT2D eigenvalue weighted by molar-refractivity contribution is 5.61. The molecule has 1 heterocycles. The fraction of sp³-hybridized carbons (Fsp3) is 0.263. The van der Waals surface area contributed by atoms with Gasteiger partial charge < -0.3 is 10.1 Å². The zero-order chi connectivity index (χ0) is 17.6. The van der Waals surface area contributed by atoms with Crippen LogP contribution in [0.1, 0.15) is 29.5 Å². The molecule has 0 bridgehead atoms. The fourth-order valence-corrected chi connectivity index (χ4v) is 3.77. The first kappa shape index (κ1) is 16.0. The number of fused-ring (bicyclic) bond motifs is 3. The molecule has 1 aliphatic carbocycles. The van der Waals surface area contributed by atoms with E-state index >= 15 is 0 Å². The molecule has 1 aliphatic heterocycles. The van der Waals surface area contributed by atoms with Gasteiger partial charge in [0.05, 0.1) is 6.04 Å². The minimum absolute atomic E-state index is 0.00286. The van der Waals surface area contributed by atoms with E-state index in [4.69, 9.17) is 0 Å². The molecule has 2 aliphatic rings. The van der Waals surface area contributed by atoms with Crippen molar-refractivity contribution in [3.8, 4) is 5.75 Å². The number of ether oxygens (including phenoxy) is 1. The van der Waals surface area contributed by atoms with E-state index in [9.17, 15) is 17.6 Å². The summed E-state index contributed by atoms with van der Waals surface area (Å²) in [7, 11) is 0. The molecular weight excluding hydrogens is 334 g/mol. The number of anilines is 1. The van der Waals surface area contributed by atoms with Gasteiger partial charge >= 0.3 is 6.36 Å². The molecule has 2 nitrogen and oxygen atoms in total. The molecule has 0 radical (unpaired) electrons. The molecule has 2 aromatic carbocycles. The highest BCUT2D eigenvalue weighted by Crippen LogP contribution is 2.50. The summed E-state index contributed by atoms with van der Waals surface area (Å²) in [5, 5.41) is 3.39. The lowest BCUT2D eigenvalue weighted by Crippen LogP contribution is -2.29. The Labute approximate surface area is 142 Å². The summed E-state index contributed by atoms with van der Waals surface area (Å²) < 4.78 is 54.7. The molecule has 0 saturated carbocycles. The monoisotopic (exact) mass is 349 g/mol. The van der Waals surface area contributed by atoms with E-state index in [1.54, 1.807) is 18.2 Å². The summed E-state index contributed by atoms with van der Waals surface area (Å²) in [4.78, 5) is 0. The maximum Gasteiger partial charge on any atom is 0.573 e. The quantitative estimate of drug-likeness (QED) is 0.567. The van der Waals surface area contributed by atoms with Crippen LogP contribution in [0.5, 0.6) is 5.75 Å². The average Bonchev–Trinajstić information content (AvgIpc) is 3.03. The zero-order valence-electron chi connectivity index (χ0n) is 13.1. The summed E-state index contributed by atoms with van der Waals surface area (Å²) in [6.07, 6.45) is 0.166. The van der Waals surface area contributed by atoms with Crippen molar-refractivity contribution in [2.75, 3.05) is 5.32 Å². The van der Waals surface area contributed by atoms with Crippen molar-refractivity contribution in [1.82, 2.24) is 0 Å². The van der Waals surface area contributed by atoms with Crippen LogP contribution < -0.4 is 10.1 Å². The summed E-state index contributed by atoms with van der Waals surface area (Å²) in [5.41, 5.74) is 2.52. The van der Waals surface area contributed by atoms with Gasteiger partial charge in [-0.3, -0.25) is 0 Å². The van der Waals surface area contributed by atoms with Crippen LogP contribution in [0.4, 0.5) is 23.2 Å². The maximum absolute atomic E-state index is 13.2. The standard InChI is InChI=1S/C19H15F4NO/c20-12-6-4-11(5-7-12)18-15-3-1-2-14(15)16-10-13(25-19(21,22)23)8-9-17(16)24-18/h1-2,4-10,14-15,18,24H,3H2/t14-,15+,18-/m1/s1. The largest absolute Gasteiger partial charge is 0.573 e. The SMILES string of the molecule is Fc1ccc([C@H]2Nc3ccc(OC(F)(F)F)cc3[C@@H]3C=CC[C@H]23)cc1. The highest BCUT2D eigenvalue weighted by Gasteiger charge is 2.39. The molecule has 0 unspecified atom stereocenters. The molecule has 0 fully saturated rings. The second kappa shape index (κ2) is 5.79. The topological polar surface area (TPSA) is 21.3 Å². The van der Waals surface area contributed by atoms with Crippen molar-refractivity contribution in [2.24, 2.45) is 5.92 Å². The van der Waals surface area contributed by atoms with Crippen molar-refractivity contribution in [1.29, 1.82) is 0 Å². The number of rotatable bonds is 2. The molecule has 0 saturated heterocycles. The summed E-state index contributed by atoms with van der Waals surface area (Å²) in [6, 6.07) is 10.7. The van der Waals surface area contributed by atoms with E-state index < -0.39 is 6.36 Å². The first-order valence-electron chi connectivity index (χ1n) is 7.99. The van der Waals surface area contributed by atoms with Gasteiger partial charge in [0.25, 0.3) is 0 Å². The normalized spacial score (nSPS) is 24.4. The molecule has 1 N–H and O–H groups in total. The zero-order valence-corrected chi connectivity index (χ0v) is 13.1. The second-order valence-electron chi connectivity index (χ2n) is 6.32. The van der Waals surface area contributed by atoms with Gasteiger partial charge in [-0.05, 0) is 53.8 Å². The first-order chi connectivity index (χ1) is 11.9. The lowest BCUT2D eigenvalue weighted by molar-refractivity contribution is -0.274. The Bertz CT molecular complexity index is 813. The Morgan fingerprint density at radius 1 is 1.04 bits per heavy atom. The van der Waals surface area contributed by atoms with E-state index in [1.165, 1.54) is 24.3 Å². The van der Waals surface area contributed by atoms with Crippen LogP contribution in [0.3, 0.4) is 0 Å². The predicted molar refractivity (Wildman–Crippen MR) is 85.9 cm³/mol. The number of allylic oxidation sites excluding steroid dienone is 2. The van der Waals surface area contributed by atoms with Crippen LogP contribution in [0, 0.1) is 11.7 Å². The van der Waals surface area contributed by atoms with Gasteiger partial charge in [-0.2, -0.15) is 0 Å². The van der Waals surface area contributed by atoms with Crippen molar-refractivity contribution >= 4 is 5.69 Å². The number of halogens is 4. The minimum Gasteiger partial charge on any atom is -0.406 e. The minimum atomic E-state index is -4.71. The van der Waals surface area contributed by atoms with E-state index in [0.29, 0.717) is 0 Å². The smallest absolute Gasteiger partial charge is 0.406 e. The van der Waals surface area contributed by atoms with E-state index in [-0.39, 0.29) is 29.4 Å². The van der Waals surface area contributed by atoms with Gasteiger partial charge in [-0.25, -0.2) is 4.39 Å². The molecule has 4 rings (SSSR count). The van der Waals surface area contributed by atoms with Gasteiger partial charge in [0.2, 0.25) is 0 Å². The molecule has 0 spiro atoms. The van der Waals surface area contributed by atoms with Gasteiger partial charge in [-0.1, -0.05) is 24.3 Å². The van der Waals surface area contributed by atoms with Crippen LogP contribution >= 0.6 is 0 Å². The molecule has 25 heavy (non-hydrogen) atoms. The maximum atomic E-state index is 13.2. The Morgan fingerprint density at radius 3 is 2.52 bits per heavy atom. The van der Waals surface area contributed by atoms with Crippen LogP contribution in [0.2, 0.25) is 0 Å². The van der Waals surface area contributed by atoms with Crippen molar-refractivity contribution in [2.45, 2.75) is 24.7 Å². The van der Waals surface area contributed by atoms with Crippen LogP contribution in [-0.2, 0) is 0 Å². The van der Waals surface area contributed by atoms with Gasteiger partial charge in [0, 0.05) is 11.6 Å². The molecule has 6 heteroatoms. The fourth-order valence-electron chi connectivity index (χ4n) is 3.77. The number of benzene rings is 2. The number of hydrogen-bond donors (Lipinski definition) is 1. The first-order valence-corrected chi connectivity index (χ1v) is 7.99. The van der Waals surface area contributed by atoms with Crippen molar-refractivity contribution in [3.05, 3.63) is 71.6 Å². The second-order valence-corrected chi connectivity index (χ2v) is 6.32. The Balaban J connectivity index is 1.70. The van der Waals surface area contributed by atoms with Crippen molar-refractivity contribution < 1.29 is 22.3 Å². The van der Waals surface area contributed by atoms with Gasteiger partial charge in [-0.15, -0.1) is 13.2 Å². The van der Waals surface area contributed by atoms with Gasteiger partial charge in [0.15, 0.2) is 0 Å². The van der Waals surface area contributed by atoms with Crippen LogP contribution in [0.25, 0.3) is 0 Å². The Kier molecular flexibility index (Phi) is 3.71. The molecule has 130 valence electrons. The molecular formula is C19H15F4NO. The average molecular weight is 349 g/mol. The summed E-state index contributed by atoms with van der Waals surface area (Å²) in [6.45, 7) is 0. The van der Waals surface area contributed by atoms with E-state index in [1.807, 2.05) is 12.2 Å². The third-order valence-corrected chi connectivity index (χ3v) is 4.80. The lowest BCUT2D eigenvalue weighted by Gasteiger charge is -2.37. The summed E-state index contributed by atoms with van der Waals surface area (Å²) >= 11 is 0. The van der Waals surface area contributed by atoms with Gasteiger partial charge in [0.1, 0.15) is 11.6 Å². The Hall–Kier alpha value is -2.50. The van der Waals surface area contributed by atoms with Crippen LogP contribution in [0.15, 0.2) is 54.6 Å². The third kappa shape index (κ3) is 3.08. The van der Waals surface area contributed by atoms with E-state index in [2.05, 4.69) is 10.1 Å².